The van der Waals surface area contributed by atoms with Crippen LogP contribution in [0.1, 0.15) is 10.4 Å². The molecule has 0 N–H and O–H groups in total. The molecule has 1 aliphatic heterocycles. The molecular weight excluding hydrogens is 296 g/mol. The lowest BCUT2D eigenvalue weighted by Gasteiger charge is -2.34. The van der Waals surface area contributed by atoms with Gasteiger partial charge in [-0.05, 0) is 6.07 Å². The van der Waals surface area contributed by atoms with E-state index in [0.29, 0.717) is 11.4 Å². The molecule has 0 aromatic carbocycles. The number of amides is 1. The number of hydrogen-bond donors (Lipinski definition) is 0. The lowest BCUT2D eigenvalue weighted by molar-refractivity contribution is 0.0628. The predicted octanol–water partition coefficient (Wildman–Crippen LogP) is 0.0832. The Morgan fingerprint density at radius 1 is 1.26 bits per heavy atom. The largest absolute Gasteiger partial charge is 0.479 e. The highest BCUT2D eigenvalue weighted by molar-refractivity contribution is 5.96. The molecular formula is C15H22N6O2. The van der Waals surface area contributed by atoms with Gasteiger partial charge in [-0.25, -0.2) is 0 Å². The van der Waals surface area contributed by atoms with Crippen molar-refractivity contribution in [3.05, 3.63) is 30.2 Å². The van der Waals surface area contributed by atoms with Gasteiger partial charge in [0.15, 0.2) is 0 Å². The molecule has 2 aromatic heterocycles. The summed E-state index contributed by atoms with van der Waals surface area (Å²) in [6.45, 7) is 4.99. The number of carbonyl (C=O) groups excluding carboxylic acids is 1. The summed E-state index contributed by atoms with van der Waals surface area (Å²) in [5.74, 6) is 0.375. The number of piperazine rings is 1. The Kier molecular flexibility index (Phi) is 4.61. The Bertz CT molecular complexity index is 643. The van der Waals surface area contributed by atoms with Crippen LogP contribution in [0.2, 0.25) is 0 Å². The van der Waals surface area contributed by atoms with Gasteiger partial charge in [-0.1, -0.05) is 0 Å². The third-order valence-corrected chi connectivity index (χ3v) is 4.08. The fraction of sp³-hybridized carbons (Fsp3) is 0.533. The van der Waals surface area contributed by atoms with E-state index >= 15 is 0 Å². The zero-order valence-electron chi connectivity index (χ0n) is 13.6. The summed E-state index contributed by atoms with van der Waals surface area (Å²) in [6.07, 6.45) is 5.47. The third-order valence-electron chi connectivity index (χ3n) is 4.08. The molecule has 3 rings (SSSR count). The summed E-state index contributed by atoms with van der Waals surface area (Å²) in [6, 6.07) is 1.93. The fourth-order valence-electron chi connectivity index (χ4n) is 2.79. The van der Waals surface area contributed by atoms with Crippen LogP contribution in [0.25, 0.3) is 0 Å². The van der Waals surface area contributed by atoms with Crippen LogP contribution >= 0.6 is 0 Å². The van der Waals surface area contributed by atoms with Crippen LogP contribution in [0.15, 0.2) is 24.7 Å². The molecule has 1 fully saturated rings. The highest BCUT2D eigenvalue weighted by Crippen LogP contribution is 2.18. The molecule has 0 atom stereocenters. The van der Waals surface area contributed by atoms with Crippen molar-refractivity contribution >= 4 is 5.91 Å². The molecule has 3 heterocycles. The second-order valence-electron chi connectivity index (χ2n) is 5.63. The van der Waals surface area contributed by atoms with Crippen molar-refractivity contribution in [2.24, 2.45) is 7.05 Å². The summed E-state index contributed by atoms with van der Waals surface area (Å²) in [5, 5.41) is 8.35. The third kappa shape index (κ3) is 3.53. The lowest BCUT2D eigenvalue weighted by atomic mass is 10.2. The monoisotopic (exact) mass is 318 g/mol. The van der Waals surface area contributed by atoms with E-state index in [-0.39, 0.29) is 5.91 Å². The van der Waals surface area contributed by atoms with Crippen molar-refractivity contribution in [1.82, 2.24) is 29.4 Å². The number of aromatic nitrogens is 4. The van der Waals surface area contributed by atoms with E-state index in [4.69, 9.17) is 4.74 Å². The molecule has 8 nitrogen and oxygen atoms in total. The summed E-state index contributed by atoms with van der Waals surface area (Å²) < 4.78 is 8.71. The fourth-order valence-corrected chi connectivity index (χ4v) is 2.79. The summed E-state index contributed by atoms with van der Waals surface area (Å²) >= 11 is 0. The number of carbonyl (C=O) groups is 1. The maximum absolute atomic E-state index is 12.6. The molecule has 2 aromatic rings. The highest BCUT2D eigenvalue weighted by atomic mass is 16.5. The average molecular weight is 318 g/mol. The van der Waals surface area contributed by atoms with E-state index in [9.17, 15) is 4.79 Å². The van der Waals surface area contributed by atoms with Gasteiger partial charge in [-0.2, -0.15) is 5.10 Å². The number of hydrogen-bond acceptors (Lipinski definition) is 5. The number of aryl methyl sites for hydroxylation is 1. The van der Waals surface area contributed by atoms with Crippen LogP contribution in [0.5, 0.6) is 5.88 Å². The van der Waals surface area contributed by atoms with Gasteiger partial charge in [-0.15, -0.1) is 5.10 Å². The first-order chi connectivity index (χ1) is 11.2. The second-order valence-corrected chi connectivity index (χ2v) is 5.63. The van der Waals surface area contributed by atoms with E-state index in [0.717, 1.165) is 39.3 Å². The maximum Gasteiger partial charge on any atom is 0.261 e. The maximum atomic E-state index is 12.6. The summed E-state index contributed by atoms with van der Waals surface area (Å²) in [7, 11) is 3.32. The lowest BCUT2D eigenvalue weighted by Crippen LogP contribution is -2.49. The van der Waals surface area contributed by atoms with E-state index in [1.807, 2.05) is 21.8 Å². The number of ether oxygens (including phenoxy) is 1. The van der Waals surface area contributed by atoms with Gasteiger partial charge in [-0.3, -0.25) is 19.1 Å². The minimum absolute atomic E-state index is 0.0123. The van der Waals surface area contributed by atoms with Crippen molar-refractivity contribution in [3.63, 3.8) is 0 Å². The average Bonchev–Trinajstić information content (AvgIpc) is 3.22. The van der Waals surface area contributed by atoms with Gasteiger partial charge in [0.25, 0.3) is 5.91 Å². The predicted molar refractivity (Wildman–Crippen MR) is 84.3 cm³/mol. The molecule has 1 amide bonds. The first-order valence-corrected chi connectivity index (χ1v) is 7.74. The molecule has 0 saturated carbocycles. The second kappa shape index (κ2) is 6.82. The number of nitrogens with zero attached hydrogens (tertiary/aromatic N) is 6. The topological polar surface area (TPSA) is 68.4 Å². The zero-order valence-corrected chi connectivity index (χ0v) is 13.6. The first kappa shape index (κ1) is 15.5. The van der Waals surface area contributed by atoms with Crippen LogP contribution in [0, 0.1) is 0 Å². The Balaban J connectivity index is 1.53. The molecule has 1 aliphatic rings. The Labute approximate surface area is 135 Å². The minimum Gasteiger partial charge on any atom is -0.479 e. The van der Waals surface area contributed by atoms with Crippen LogP contribution in [0.3, 0.4) is 0 Å². The van der Waals surface area contributed by atoms with Gasteiger partial charge < -0.3 is 9.64 Å². The van der Waals surface area contributed by atoms with Crippen molar-refractivity contribution < 1.29 is 9.53 Å². The summed E-state index contributed by atoms with van der Waals surface area (Å²) in [5.41, 5.74) is 0.528. The molecule has 0 aliphatic carbocycles. The quantitative estimate of drug-likeness (QED) is 0.781. The van der Waals surface area contributed by atoms with Crippen LogP contribution in [-0.4, -0.2) is 75.1 Å². The zero-order chi connectivity index (χ0) is 16.2. The van der Waals surface area contributed by atoms with Crippen molar-refractivity contribution in [2.75, 3.05) is 39.8 Å². The van der Waals surface area contributed by atoms with E-state index in [1.54, 1.807) is 24.1 Å². The molecule has 1 saturated heterocycles. The number of methoxy groups -OCH3 is 1. The van der Waals surface area contributed by atoms with Gasteiger partial charge in [0.2, 0.25) is 5.88 Å². The molecule has 0 unspecified atom stereocenters. The van der Waals surface area contributed by atoms with Crippen molar-refractivity contribution in [2.45, 2.75) is 6.54 Å². The van der Waals surface area contributed by atoms with Gasteiger partial charge in [0, 0.05) is 58.4 Å². The van der Waals surface area contributed by atoms with E-state index in [1.165, 1.54) is 7.11 Å². The molecule has 0 radical (unpaired) electrons. The molecule has 0 bridgehead atoms. The highest BCUT2D eigenvalue weighted by Gasteiger charge is 2.25. The summed E-state index contributed by atoms with van der Waals surface area (Å²) in [4.78, 5) is 16.8. The van der Waals surface area contributed by atoms with Gasteiger partial charge >= 0.3 is 0 Å². The Morgan fingerprint density at radius 2 is 2.04 bits per heavy atom. The molecule has 0 spiro atoms. The Hall–Kier alpha value is -2.35. The van der Waals surface area contributed by atoms with Crippen LogP contribution in [-0.2, 0) is 13.6 Å². The van der Waals surface area contributed by atoms with Crippen molar-refractivity contribution in [3.8, 4) is 5.88 Å². The normalized spacial score (nSPS) is 15.8. The molecule has 23 heavy (non-hydrogen) atoms. The van der Waals surface area contributed by atoms with Gasteiger partial charge in [0.1, 0.15) is 5.56 Å². The minimum atomic E-state index is -0.0123. The van der Waals surface area contributed by atoms with E-state index < -0.39 is 0 Å². The molecule has 124 valence electrons. The van der Waals surface area contributed by atoms with Crippen molar-refractivity contribution in [1.29, 1.82) is 0 Å². The van der Waals surface area contributed by atoms with Gasteiger partial charge in [0.05, 0.1) is 13.7 Å². The van der Waals surface area contributed by atoms with Crippen LogP contribution in [0.4, 0.5) is 0 Å². The first-order valence-electron chi connectivity index (χ1n) is 7.74. The Morgan fingerprint density at radius 3 is 2.70 bits per heavy atom. The molecule has 8 heteroatoms. The van der Waals surface area contributed by atoms with Crippen LogP contribution < -0.4 is 4.74 Å². The standard InChI is InChI=1S/C15H22N6O2/c1-18-12-13(14(17-18)23-2)15(22)20-9-6-19(7-10-20)8-11-21-5-3-4-16-21/h3-5,12H,6-11H2,1-2H3. The smallest absolute Gasteiger partial charge is 0.261 e. The number of rotatable bonds is 5. The SMILES string of the molecule is COc1nn(C)cc1C(=O)N1CCN(CCn2cccn2)CC1. The van der Waals surface area contributed by atoms with E-state index in [2.05, 4.69) is 15.1 Å².